The van der Waals surface area contributed by atoms with Crippen LogP contribution in [0.2, 0.25) is 0 Å². The second-order valence-corrected chi connectivity index (χ2v) is 11.0. The number of amides is 2. The van der Waals surface area contributed by atoms with Gasteiger partial charge < -0.3 is 20.1 Å². The molecular weight excluding hydrogens is 530 g/mol. The number of likely N-dealkylation sites (tertiary alicyclic amines) is 1. The van der Waals surface area contributed by atoms with E-state index in [-0.39, 0.29) is 5.91 Å². The fourth-order valence-electron chi connectivity index (χ4n) is 4.50. The average molecular weight is 560 g/mol. The molecule has 9 heteroatoms. The van der Waals surface area contributed by atoms with Crippen LogP contribution < -0.4 is 20.1 Å². The number of hydrogen-bond acceptors (Lipinski definition) is 7. The number of primary amides is 1. The molecule has 2 aliphatic heterocycles. The Morgan fingerprint density at radius 1 is 0.974 bits per heavy atom. The SMILES string of the molecule is NC(=O)c1cccc(Oc2ccc(/C=C3\SC(=S)N(c4ccc(OCCCN5CCCC5)cc4)C3=O)cc2)c1. The van der Waals surface area contributed by atoms with E-state index in [1.807, 2.05) is 42.5 Å². The zero-order chi connectivity index (χ0) is 27.2. The molecular formula is C30H29N3O4S2. The van der Waals surface area contributed by atoms with Crippen LogP contribution in [0.1, 0.15) is 35.2 Å². The number of benzene rings is 3. The maximum absolute atomic E-state index is 13.2. The maximum atomic E-state index is 13.2. The van der Waals surface area contributed by atoms with Gasteiger partial charge in [0, 0.05) is 12.1 Å². The number of thioether (sulfide) groups is 1. The minimum Gasteiger partial charge on any atom is -0.494 e. The number of anilines is 1. The highest BCUT2D eigenvalue weighted by Gasteiger charge is 2.33. The van der Waals surface area contributed by atoms with Crippen molar-refractivity contribution in [2.24, 2.45) is 5.73 Å². The molecule has 2 fully saturated rings. The average Bonchev–Trinajstić information content (AvgIpc) is 3.56. The molecule has 0 aliphatic carbocycles. The molecule has 3 aromatic rings. The summed E-state index contributed by atoms with van der Waals surface area (Å²) in [5.74, 6) is 1.22. The molecule has 0 aromatic heterocycles. The lowest BCUT2D eigenvalue weighted by Crippen LogP contribution is -2.27. The molecule has 2 saturated heterocycles. The second-order valence-electron chi connectivity index (χ2n) is 9.32. The van der Waals surface area contributed by atoms with E-state index in [1.54, 1.807) is 41.3 Å². The molecule has 2 heterocycles. The molecule has 0 atom stereocenters. The molecule has 2 N–H and O–H groups in total. The Hall–Kier alpha value is -3.66. The third-order valence-electron chi connectivity index (χ3n) is 6.51. The minimum absolute atomic E-state index is 0.159. The van der Waals surface area contributed by atoms with E-state index < -0.39 is 5.91 Å². The molecule has 0 unspecified atom stereocenters. The quantitative estimate of drug-likeness (QED) is 0.190. The van der Waals surface area contributed by atoms with Crippen LogP contribution in [0.25, 0.3) is 6.08 Å². The molecule has 39 heavy (non-hydrogen) atoms. The van der Waals surface area contributed by atoms with Crippen LogP contribution in [-0.2, 0) is 4.79 Å². The van der Waals surface area contributed by atoms with Crippen molar-refractivity contribution in [3.05, 3.63) is 88.8 Å². The van der Waals surface area contributed by atoms with E-state index in [0.717, 1.165) is 24.3 Å². The van der Waals surface area contributed by atoms with Gasteiger partial charge in [0.2, 0.25) is 5.91 Å². The van der Waals surface area contributed by atoms with Crippen molar-refractivity contribution >= 4 is 51.9 Å². The molecule has 2 amide bonds. The highest BCUT2D eigenvalue weighted by Crippen LogP contribution is 2.37. The summed E-state index contributed by atoms with van der Waals surface area (Å²) in [4.78, 5) is 29.1. The van der Waals surface area contributed by atoms with Crippen LogP contribution in [-0.4, -0.2) is 47.3 Å². The number of rotatable bonds is 10. The van der Waals surface area contributed by atoms with Crippen molar-refractivity contribution in [1.29, 1.82) is 0 Å². The normalized spacial score (nSPS) is 16.7. The number of ether oxygens (including phenoxy) is 2. The van der Waals surface area contributed by atoms with Crippen LogP contribution in [0.5, 0.6) is 17.2 Å². The molecule has 2 aliphatic rings. The van der Waals surface area contributed by atoms with Crippen LogP contribution >= 0.6 is 24.0 Å². The summed E-state index contributed by atoms with van der Waals surface area (Å²) in [6.45, 7) is 4.13. The largest absolute Gasteiger partial charge is 0.494 e. The molecule has 7 nitrogen and oxygen atoms in total. The Morgan fingerprint density at radius 3 is 2.41 bits per heavy atom. The third kappa shape index (κ3) is 6.86. The van der Waals surface area contributed by atoms with Crippen LogP contribution in [0.15, 0.2) is 77.7 Å². The van der Waals surface area contributed by atoms with Gasteiger partial charge in [-0.2, -0.15) is 0 Å². The topological polar surface area (TPSA) is 85.1 Å². The van der Waals surface area contributed by atoms with Crippen LogP contribution in [0.4, 0.5) is 5.69 Å². The maximum Gasteiger partial charge on any atom is 0.270 e. The Morgan fingerprint density at radius 2 is 1.69 bits per heavy atom. The lowest BCUT2D eigenvalue weighted by Gasteiger charge is -2.16. The van der Waals surface area contributed by atoms with Crippen LogP contribution in [0, 0.1) is 0 Å². The lowest BCUT2D eigenvalue weighted by molar-refractivity contribution is -0.113. The van der Waals surface area contributed by atoms with E-state index in [4.69, 9.17) is 27.4 Å². The summed E-state index contributed by atoms with van der Waals surface area (Å²) in [5.41, 5.74) is 7.27. The van der Waals surface area contributed by atoms with Gasteiger partial charge in [0.25, 0.3) is 5.91 Å². The highest BCUT2D eigenvalue weighted by atomic mass is 32.2. The Kier molecular flexibility index (Phi) is 8.61. The summed E-state index contributed by atoms with van der Waals surface area (Å²) in [6, 6.07) is 21.5. The molecule has 0 bridgehead atoms. The van der Waals surface area contributed by atoms with Gasteiger partial charge in [0.1, 0.15) is 17.2 Å². The second kappa shape index (κ2) is 12.5. The van der Waals surface area contributed by atoms with Crippen molar-refractivity contribution < 1.29 is 19.1 Å². The molecule has 0 radical (unpaired) electrons. The zero-order valence-corrected chi connectivity index (χ0v) is 23.0. The van der Waals surface area contributed by atoms with Crippen molar-refractivity contribution in [1.82, 2.24) is 4.90 Å². The van der Waals surface area contributed by atoms with Gasteiger partial charge in [0.05, 0.1) is 17.2 Å². The monoisotopic (exact) mass is 559 g/mol. The molecule has 200 valence electrons. The smallest absolute Gasteiger partial charge is 0.270 e. The Labute approximate surface area is 237 Å². The predicted octanol–water partition coefficient (Wildman–Crippen LogP) is 5.85. The van der Waals surface area contributed by atoms with Crippen molar-refractivity contribution in [2.45, 2.75) is 19.3 Å². The van der Waals surface area contributed by atoms with Gasteiger partial charge in [-0.1, -0.05) is 42.2 Å². The summed E-state index contributed by atoms with van der Waals surface area (Å²) < 4.78 is 12.2. The first-order valence-electron chi connectivity index (χ1n) is 12.9. The van der Waals surface area contributed by atoms with E-state index in [2.05, 4.69) is 4.90 Å². The number of carbonyl (C=O) groups is 2. The molecule has 0 saturated carbocycles. The fraction of sp³-hybridized carbons (Fsp3) is 0.233. The summed E-state index contributed by atoms with van der Waals surface area (Å²) in [6.07, 6.45) is 5.41. The first-order chi connectivity index (χ1) is 19.0. The number of nitrogens with two attached hydrogens (primary N) is 1. The third-order valence-corrected chi connectivity index (χ3v) is 7.81. The van der Waals surface area contributed by atoms with Gasteiger partial charge in [-0.15, -0.1) is 0 Å². The van der Waals surface area contributed by atoms with Crippen molar-refractivity contribution in [3.63, 3.8) is 0 Å². The first-order valence-corrected chi connectivity index (χ1v) is 14.1. The van der Waals surface area contributed by atoms with Gasteiger partial charge >= 0.3 is 0 Å². The fourth-order valence-corrected chi connectivity index (χ4v) is 5.80. The molecule has 5 rings (SSSR count). The summed E-state index contributed by atoms with van der Waals surface area (Å²) >= 11 is 6.80. The zero-order valence-electron chi connectivity index (χ0n) is 21.4. The van der Waals surface area contributed by atoms with Gasteiger partial charge in [0.15, 0.2) is 4.32 Å². The standard InChI is InChI=1S/C30H29N3O4S2/c31-28(34)22-5-3-6-26(20-22)37-25-11-7-21(8-12-25)19-27-29(35)33(30(38)39-27)23-9-13-24(14-10-23)36-18-4-17-32-15-1-2-16-32/h3,5-14,19-20H,1-2,4,15-18H2,(H2,31,34)/b27-19-. The lowest BCUT2D eigenvalue weighted by atomic mass is 10.2. The van der Waals surface area contributed by atoms with Gasteiger partial charge in [-0.05, 0) is 98.6 Å². The molecule has 0 spiro atoms. The van der Waals surface area contributed by atoms with Gasteiger partial charge in [-0.3, -0.25) is 14.5 Å². The summed E-state index contributed by atoms with van der Waals surface area (Å²) in [7, 11) is 0. The Bertz CT molecular complexity index is 1380. The number of nitrogens with zero attached hydrogens (tertiary/aromatic N) is 2. The van der Waals surface area contributed by atoms with E-state index in [9.17, 15) is 9.59 Å². The van der Waals surface area contributed by atoms with Crippen LogP contribution in [0.3, 0.4) is 0 Å². The van der Waals surface area contributed by atoms with Gasteiger partial charge in [-0.25, -0.2) is 0 Å². The van der Waals surface area contributed by atoms with E-state index >= 15 is 0 Å². The number of carbonyl (C=O) groups excluding carboxylic acids is 2. The van der Waals surface area contributed by atoms with E-state index in [1.165, 1.54) is 37.7 Å². The van der Waals surface area contributed by atoms with Crippen molar-refractivity contribution in [2.75, 3.05) is 31.1 Å². The van der Waals surface area contributed by atoms with Crippen molar-refractivity contribution in [3.8, 4) is 17.2 Å². The minimum atomic E-state index is -0.513. The first kappa shape index (κ1) is 26.9. The summed E-state index contributed by atoms with van der Waals surface area (Å²) in [5, 5.41) is 0. The molecule has 3 aromatic carbocycles. The Balaban J connectivity index is 1.18. The number of hydrogen-bond donors (Lipinski definition) is 1. The highest BCUT2D eigenvalue weighted by molar-refractivity contribution is 8.27. The number of thiocarbonyl (C=S) groups is 1. The van der Waals surface area contributed by atoms with E-state index in [0.29, 0.717) is 38.6 Å². The predicted molar refractivity (Wildman–Crippen MR) is 159 cm³/mol.